The predicted molar refractivity (Wildman–Crippen MR) is 202 cm³/mol. The van der Waals surface area contributed by atoms with Crippen LogP contribution in [0.25, 0.3) is 0 Å². The lowest BCUT2D eigenvalue weighted by molar-refractivity contribution is -0.356. The van der Waals surface area contributed by atoms with Gasteiger partial charge in [0.15, 0.2) is 12.6 Å². The Morgan fingerprint density at radius 2 is 1.29 bits per heavy atom. The fourth-order valence-electron chi connectivity index (χ4n) is 13.4. The number of allylic oxidation sites excluding steroid dienone is 2. The van der Waals surface area contributed by atoms with E-state index >= 15 is 0 Å². The first-order valence-electron chi connectivity index (χ1n) is 21.0. The van der Waals surface area contributed by atoms with E-state index in [4.69, 9.17) is 18.9 Å². The fraction of sp³-hybridized carbons (Fsp3) is 0.952. The molecule has 0 aromatic heterocycles. The molecule has 20 atom stereocenters. The number of hydrogen-bond donors (Lipinski definition) is 10. The molecular formula is C42H72O14. The highest BCUT2D eigenvalue weighted by Crippen LogP contribution is 2.76. The second-order valence-electron chi connectivity index (χ2n) is 20.2. The van der Waals surface area contributed by atoms with Gasteiger partial charge >= 0.3 is 0 Å². The molecule has 324 valence electrons. The molecule has 2 saturated heterocycles. The first-order chi connectivity index (χ1) is 26.0. The molecule has 6 aliphatic rings. The van der Waals surface area contributed by atoms with Gasteiger partial charge in [-0.1, -0.05) is 46.3 Å². The summed E-state index contributed by atoms with van der Waals surface area (Å²) in [5.74, 6) is -0.395. The highest BCUT2D eigenvalue weighted by molar-refractivity contribution is 5.24. The molecule has 0 bridgehead atoms. The van der Waals surface area contributed by atoms with Gasteiger partial charge in [0.1, 0.15) is 48.8 Å². The normalized spacial score (nSPS) is 52.6. The largest absolute Gasteiger partial charge is 0.394 e. The first kappa shape index (κ1) is 44.7. The van der Waals surface area contributed by atoms with Crippen LogP contribution < -0.4 is 0 Å². The lowest BCUT2D eigenvalue weighted by Crippen LogP contribution is -2.71. The van der Waals surface area contributed by atoms with Crippen molar-refractivity contribution in [2.45, 2.75) is 198 Å². The molecule has 0 aromatic rings. The molecule has 14 nitrogen and oxygen atoms in total. The molecule has 0 aromatic carbocycles. The summed E-state index contributed by atoms with van der Waals surface area (Å²) < 4.78 is 24.7. The summed E-state index contributed by atoms with van der Waals surface area (Å²) >= 11 is 0. The molecule has 10 N–H and O–H groups in total. The second kappa shape index (κ2) is 15.6. The second-order valence-corrected chi connectivity index (χ2v) is 20.2. The minimum atomic E-state index is -1.65. The van der Waals surface area contributed by atoms with E-state index in [1.54, 1.807) is 6.92 Å². The molecule has 0 radical (unpaired) electrons. The SMILES string of the molecule is CC(C)=CCC[C@](C)(O[C@@H]1O[C@H](CO)[C@@H](O)[C@H](O)[C@H]1O)[C@@]1(O)CC[C@]2(C)[C@@H]1[C@H](O)C[C@@H]1[C@@]3(C)CC[C@@H](O[C@@H]4O[C@H](CO)[C@@H](O)[C@H](O)[C@H]4O)C(C)(C)[C@@H]3CC[C@]12C. The Hall–Kier alpha value is -0.820. The Labute approximate surface area is 331 Å². The minimum Gasteiger partial charge on any atom is -0.394 e. The maximum absolute atomic E-state index is 13.2. The molecule has 4 saturated carbocycles. The van der Waals surface area contributed by atoms with Crippen LogP contribution in [0.3, 0.4) is 0 Å². The number of fused-ring (bicyclic) bond motifs is 5. The van der Waals surface area contributed by atoms with Gasteiger partial charge in [-0.05, 0) is 112 Å². The van der Waals surface area contributed by atoms with Crippen LogP contribution >= 0.6 is 0 Å². The third-order valence-electron chi connectivity index (χ3n) is 16.8. The summed E-state index contributed by atoms with van der Waals surface area (Å²) in [5.41, 5.74) is -3.40. The lowest BCUT2D eigenvalue weighted by atomic mass is 9.35. The summed E-state index contributed by atoms with van der Waals surface area (Å²) in [6, 6.07) is 0. The topological polar surface area (TPSA) is 239 Å². The smallest absolute Gasteiger partial charge is 0.187 e. The first-order valence-corrected chi connectivity index (χ1v) is 21.0. The van der Waals surface area contributed by atoms with E-state index in [-0.39, 0.29) is 28.8 Å². The molecule has 2 heterocycles. The minimum absolute atomic E-state index is 0.0723. The lowest BCUT2D eigenvalue weighted by Gasteiger charge is -2.71. The van der Waals surface area contributed by atoms with Crippen LogP contribution in [0.4, 0.5) is 0 Å². The maximum atomic E-state index is 13.2. The van der Waals surface area contributed by atoms with E-state index in [1.165, 1.54) is 0 Å². The zero-order valence-corrected chi connectivity index (χ0v) is 34.6. The number of rotatable bonds is 10. The number of ether oxygens (including phenoxy) is 4. The van der Waals surface area contributed by atoms with Crippen LogP contribution in [0, 0.1) is 39.4 Å². The van der Waals surface area contributed by atoms with Crippen LogP contribution in [0.15, 0.2) is 11.6 Å². The van der Waals surface area contributed by atoms with Crippen molar-refractivity contribution in [3.63, 3.8) is 0 Å². The van der Waals surface area contributed by atoms with Gasteiger partial charge in [0, 0.05) is 5.92 Å². The van der Waals surface area contributed by atoms with Crippen molar-refractivity contribution < 1.29 is 70.0 Å². The van der Waals surface area contributed by atoms with Crippen LogP contribution in [-0.4, -0.2) is 149 Å². The van der Waals surface area contributed by atoms with Gasteiger partial charge in [-0.15, -0.1) is 0 Å². The zero-order chi connectivity index (χ0) is 41.6. The standard InChI is InChI=1S/C42H72O14/c1-21(2)10-9-13-41(8,56-36-33(51)31(49)29(47)24(20-44)54-36)42(52)17-16-40(7)34(42)22(45)18-26-38(5)14-12-27(37(3,4)25(38)11-15-39(26,40)6)55-35-32(50)30(48)28(46)23(19-43)53-35/h10,22-36,43-52H,9,11-20H2,1-8H3/t22-,23-,24-,25+,26-,27-,28-,29-,30+,31+,32-,33-,34+,35+,36+,38+,39-,40-,41+,42-/m1/s1. The van der Waals surface area contributed by atoms with E-state index in [0.29, 0.717) is 38.5 Å². The number of aliphatic hydroxyl groups is 10. The predicted octanol–water partition coefficient (Wildman–Crippen LogP) is 1.26. The highest BCUT2D eigenvalue weighted by Gasteiger charge is 2.75. The summed E-state index contributed by atoms with van der Waals surface area (Å²) in [4.78, 5) is 0. The van der Waals surface area contributed by atoms with Crippen molar-refractivity contribution in [2.24, 2.45) is 39.4 Å². The van der Waals surface area contributed by atoms with Crippen LogP contribution in [0.5, 0.6) is 0 Å². The third kappa shape index (κ3) is 6.78. The van der Waals surface area contributed by atoms with Crippen molar-refractivity contribution in [2.75, 3.05) is 13.2 Å². The molecule has 0 spiro atoms. The Balaban J connectivity index is 1.29. The van der Waals surface area contributed by atoms with E-state index in [2.05, 4.69) is 34.6 Å². The van der Waals surface area contributed by atoms with E-state index < -0.39 is 109 Å². The molecule has 4 aliphatic carbocycles. The molecule has 0 unspecified atom stereocenters. The van der Waals surface area contributed by atoms with Gasteiger partial charge in [0.2, 0.25) is 0 Å². The van der Waals surface area contributed by atoms with Gasteiger partial charge in [-0.2, -0.15) is 0 Å². The summed E-state index contributed by atoms with van der Waals surface area (Å²) in [5, 5.41) is 109. The molecule has 0 amide bonds. The van der Waals surface area contributed by atoms with Crippen LogP contribution in [0.1, 0.15) is 113 Å². The van der Waals surface area contributed by atoms with Crippen molar-refractivity contribution in [1.82, 2.24) is 0 Å². The number of aliphatic hydroxyl groups excluding tert-OH is 9. The molecule has 6 fully saturated rings. The van der Waals surface area contributed by atoms with Gasteiger partial charge < -0.3 is 70.0 Å². The average molecular weight is 801 g/mol. The van der Waals surface area contributed by atoms with Crippen LogP contribution in [0.2, 0.25) is 0 Å². The quantitative estimate of drug-likeness (QED) is 0.111. The summed E-state index contributed by atoms with van der Waals surface area (Å²) in [6.07, 6.45) is -8.22. The Kier molecular flexibility index (Phi) is 12.4. The molecule has 2 aliphatic heterocycles. The van der Waals surface area contributed by atoms with Crippen molar-refractivity contribution >= 4 is 0 Å². The van der Waals surface area contributed by atoms with Gasteiger partial charge in [-0.3, -0.25) is 0 Å². The highest BCUT2D eigenvalue weighted by atomic mass is 16.7. The van der Waals surface area contributed by atoms with E-state index in [1.807, 2.05) is 19.9 Å². The number of hydrogen-bond acceptors (Lipinski definition) is 14. The summed E-state index contributed by atoms with van der Waals surface area (Å²) in [7, 11) is 0. The van der Waals surface area contributed by atoms with Gasteiger partial charge in [-0.25, -0.2) is 0 Å². The van der Waals surface area contributed by atoms with E-state index in [0.717, 1.165) is 24.8 Å². The van der Waals surface area contributed by atoms with Crippen molar-refractivity contribution in [3.8, 4) is 0 Å². The van der Waals surface area contributed by atoms with Crippen LogP contribution in [-0.2, 0) is 18.9 Å². The summed E-state index contributed by atoms with van der Waals surface area (Å²) in [6.45, 7) is 15.8. The third-order valence-corrected chi connectivity index (χ3v) is 16.8. The fourth-order valence-corrected chi connectivity index (χ4v) is 13.4. The molecule has 14 heteroatoms. The molecule has 6 rings (SSSR count). The Morgan fingerprint density at radius 3 is 1.86 bits per heavy atom. The monoisotopic (exact) mass is 800 g/mol. The maximum Gasteiger partial charge on any atom is 0.187 e. The van der Waals surface area contributed by atoms with E-state index in [9.17, 15) is 51.1 Å². The van der Waals surface area contributed by atoms with Gasteiger partial charge in [0.25, 0.3) is 0 Å². The average Bonchev–Trinajstić information content (AvgIpc) is 3.44. The molecular weight excluding hydrogens is 728 g/mol. The molecule has 56 heavy (non-hydrogen) atoms. The Morgan fingerprint density at radius 1 is 0.714 bits per heavy atom. The zero-order valence-electron chi connectivity index (χ0n) is 34.6. The Bertz CT molecular complexity index is 1420. The van der Waals surface area contributed by atoms with Gasteiger partial charge in [0.05, 0.1) is 36.6 Å². The van der Waals surface area contributed by atoms with Crippen molar-refractivity contribution in [1.29, 1.82) is 0 Å². The van der Waals surface area contributed by atoms with Crippen molar-refractivity contribution in [3.05, 3.63) is 11.6 Å².